The number of hydrogen-bond acceptors (Lipinski definition) is 1. The number of hydrogen-bond donors (Lipinski definition) is 0. The first-order chi connectivity index (χ1) is 27.1. The molecule has 0 aromatic heterocycles. The molecule has 0 aliphatic heterocycles. The van der Waals surface area contributed by atoms with Crippen LogP contribution in [-0.2, 0) is 12.0 Å². The summed E-state index contributed by atoms with van der Waals surface area (Å²) in [7, 11) is 0. The molecule has 6 aromatic rings. The van der Waals surface area contributed by atoms with Crippen LogP contribution < -0.4 is 0 Å². The Morgan fingerprint density at radius 3 is 1.85 bits per heavy atom. The summed E-state index contributed by atoms with van der Waals surface area (Å²) in [5, 5.41) is 2.50. The summed E-state index contributed by atoms with van der Waals surface area (Å²) >= 11 is 0. The minimum atomic E-state index is -0.421. The van der Waals surface area contributed by atoms with E-state index in [-0.39, 0.29) is 0 Å². The van der Waals surface area contributed by atoms with E-state index >= 15 is 0 Å². The van der Waals surface area contributed by atoms with Crippen LogP contribution in [0.2, 0.25) is 0 Å². The van der Waals surface area contributed by atoms with Crippen LogP contribution in [0.4, 0.5) is 0 Å². The molecule has 1 aliphatic carbocycles. The molecule has 1 atom stereocenters. The summed E-state index contributed by atoms with van der Waals surface area (Å²) in [6, 6.07) is 52.8. The van der Waals surface area contributed by atoms with Crippen molar-refractivity contribution in [1.82, 2.24) is 0 Å². The van der Waals surface area contributed by atoms with Gasteiger partial charge in [0.05, 0.1) is 0 Å². The Balaban J connectivity index is 1.20. The van der Waals surface area contributed by atoms with Gasteiger partial charge in [0.25, 0.3) is 0 Å². The number of aliphatic imine (C=N–C) groups is 1. The van der Waals surface area contributed by atoms with E-state index in [1.54, 1.807) is 0 Å². The van der Waals surface area contributed by atoms with Gasteiger partial charge in [-0.05, 0) is 99.5 Å². The topological polar surface area (TPSA) is 12.4 Å². The van der Waals surface area contributed by atoms with Gasteiger partial charge in [0.2, 0.25) is 0 Å². The molecule has 0 radical (unpaired) electrons. The highest BCUT2D eigenvalue weighted by Crippen LogP contribution is 2.43. The molecule has 55 heavy (non-hydrogen) atoms. The molecule has 6 aromatic carbocycles. The molecule has 0 heterocycles. The van der Waals surface area contributed by atoms with Gasteiger partial charge >= 0.3 is 0 Å². The van der Waals surface area contributed by atoms with Crippen LogP contribution in [0.5, 0.6) is 0 Å². The zero-order valence-corrected chi connectivity index (χ0v) is 32.2. The Labute approximate surface area is 327 Å². The minimum Gasteiger partial charge on any atom is -0.274 e. The molecule has 7 rings (SSSR count). The van der Waals surface area contributed by atoms with Gasteiger partial charge in [-0.2, -0.15) is 0 Å². The predicted octanol–water partition coefficient (Wildman–Crippen LogP) is 14.5. The largest absolute Gasteiger partial charge is 0.274 e. The van der Waals surface area contributed by atoms with Crippen molar-refractivity contribution in [2.24, 2.45) is 4.99 Å². The van der Waals surface area contributed by atoms with E-state index in [4.69, 9.17) is 4.99 Å². The van der Waals surface area contributed by atoms with Crippen LogP contribution in [0.3, 0.4) is 0 Å². The van der Waals surface area contributed by atoms with Crippen LogP contribution in [0.15, 0.2) is 217 Å². The average molecular weight is 712 g/mol. The van der Waals surface area contributed by atoms with Crippen LogP contribution in [0.25, 0.3) is 38.6 Å². The van der Waals surface area contributed by atoms with Crippen LogP contribution in [0, 0.1) is 0 Å². The number of allylic oxidation sites excluding steroid dienone is 11. The van der Waals surface area contributed by atoms with Gasteiger partial charge in [-0.15, -0.1) is 0 Å². The summed E-state index contributed by atoms with van der Waals surface area (Å²) in [5.74, 6) is 0. The fraction of sp³-hybridized carbons (Fsp3) is 0.130. The van der Waals surface area contributed by atoms with Crippen LogP contribution >= 0.6 is 0 Å². The predicted molar refractivity (Wildman–Crippen MR) is 238 cm³/mol. The fourth-order valence-electron chi connectivity index (χ4n) is 7.72. The van der Waals surface area contributed by atoms with Crippen molar-refractivity contribution in [3.63, 3.8) is 0 Å². The van der Waals surface area contributed by atoms with Gasteiger partial charge < -0.3 is 0 Å². The highest BCUT2D eigenvalue weighted by Gasteiger charge is 2.34. The molecule has 0 N–H and O–H groups in total. The van der Waals surface area contributed by atoms with E-state index in [0.29, 0.717) is 0 Å². The molecule has 0 bridgehead atoms. The highest BCUT2D eigenvalue weighted by molar-refractivity contribution is 6.04. The Morgan fingerprint density at radius 1 is 0.636 bits per heavy atom. The van der Waals surface area contributed by atoms with E-state index in [1.165, 1.54) is 60.9 Å². The van der Waals surface area contributed by atoms with Crippen molar-refractivity contribution >= 4 is 22.1 Å². The van der Waals surface area contributed by atoms with Gasteiger partial charge in [-0.25, -0.2) is 0 Å². The SMILES string of the molecule is C\C=C/C=C\C=C\C(=C/Cc1ccccc1)c1ccc(-c2cccc3c(-c4ccc(C(CC)(/N=C(\C)c5ccccc5)C5=CC=CC5)cc4)cccc23)cc1. The van der Waals surface area contributed by atoms with Crippen molar-refractivity contribution < 1.29 is 0 Å². The summed E-state index contributed by atoms with van der Waals surface area (Å²) in [4.78, 5) is 5.51. The lowest BCUT2D eigenvalue weighted by Gasteiger charge is -2.32. The van der Waals surface area contributed by atoms with E-state index in [1.807, 2.05) is 19.1 Å². The second-order valence-corrected chi connectivity index (χ2v) is 14.1. The lowest BCUT2D eigenvalue weighted by Crippen LogP contribution is -2.27. The molecule has 1 nitrogen and oxygen atoms in total. The monoisotopic (exact) mass is 711 g/mol. The molecule has 0 fully saturated rings. The molecular formula is C54H49N. The second kappa shape index (κ2) is 17.7. The third-order valence-electron chi connectivity index (χ3n) is 10.7. The maximum absolute atomic E-state index is 5.51. The molecular weight excluding hydrogens is 663 g/mol. The summed E-state index contributed by atoms with van der Waals surface area (Å²) in [6.07, 6.45) is 24.2. The first kappa shape index (κ1) is 37.0. The molecule has 0 saturated heterocycles. The van der Waals surface area contributed by atoms with Crippen LogP contribution in [-0.4, -0.2) is 5.71 Å². The molecule has 1 heteroatoms. The Kier molecular flexibility index (Phi) is 11.9. The van der Waals surface area contributed by atoms with Gasteiger partial charge in [0.15, 0.2) is 0 Å². The maximum Gasteiger partial charge on any atom is 0.107 e. The molecule has 1 unspecified atom stereocenters. The number of benzene rings is 6. The van der Waals surface area contributed by atoms with Crippen molar-refractivity contribution in [2.75, 3.05) is 0 Å². The quantitative estimate of drug-likeness (QED) is 0.0835. The van der Waals surface area contributed by atoms with E-state index in [2.05, 4.69) is 208 Å². The Hall–Kier alpha value is -6.31. The Morgan fingerprint density at radius 2 is 1.25 bits per heavy atom. The first-order valence-electron chi connectivity index (χ1n) is 19.5. The molecule has 1 aliphatic rings. The van der Waals surface area contributed by atoms with E-state index < -0.39 is 5.54 Å². The van der Waals surface area contributed by atoms with Crippen molar-refractivity contribution in [3.8, 4) is 22.3 Å². The smallest absolute Gasteiger partial charge is 0.107 e. The van der Waals surface area contributed by atoms with Crippen molar-refractivity contribution in [2.45, 2.75) is 45.6 Å². The average Bonchev–Trinajstić information content (AvgIpc) is 3.80. The van der Waals surface area contributed by atoms with E-state index in [9.17, 15) is 0 Å². The molecule has 0 spiro atoms. The van der Waals surface area contributed by atoms with Crippen molar-refractivity contribution in [3.05, 3.63) is 234 Å². The highest BCUT2D eigenvalue weighted by atomic mass is 14.9. The number of fused-ring (bicyclic) bond motifs is 1. The lowest BCUT2D eigenvalue weighted by molar-refractivity contribution is 0.504. The minimum absolute atomic E-state index is 0.421. The molecule has 0 saturated carbocycles. The van der Waals surface area contributed by atoms with Gasteiger partial charge in [0.1, 0.15) is 5.54 Å². The first-order valence-corrected chi connectivity index (χ1v) is 19.5. The van der Waals surface area contributed by atoms with Gasteiger partial charge in [-0.1, -0.05) is 213 Å². The zero-order chi connectivity index (χ0) is 37.9. The number of rotatable bonds is 13. The fourth-order valence-corrected chi connectivity index (χ4v) is 7.72. The zero-order valence-electron chi connectivity index (χ0n) is 32.2. The summed E-state index contributed by atoms with van der Waals surface area (Å²) in [6.45, 7) is 6.43. The second-order valence-electron chi connectivity index (χ2n) is 14.1. The Bertz CT molecular complexity index is 2430. The summed E-state index contributed by atoms with van der Waals surface area (Å²) < 4.78 is 0. The third kappa shape index (κ3) is 8.43. The van der Waals surface area contributed by atoms with Crippen LogP contribution in [0.1, 0.15) is 55.9 Å². The lowest BCUT2D eigenvalue weighted by atomic mass is 9.79. The van der Waals surface area contributed by atoms with Gasteiger partial charge in [-0.3, -0.25) is 4.99 Å². The third-order valence-corrected chi connectivity index (χ3v) is 10.7. The maximum atomic E-state index is 5.51. The molecule has 270 valence electrons. The molecule has 0 amide bonds. The van der Waals surface area contributed by atoms with Gasteiger partial charge in [0, 0.05) is 5.71 Å². The van der Waals surface area contributed by atoms with E-state index in [0.717, 1.165) is 30.5 Å². The number of nitrogens with zero attached hydrogens (tertiary/aromatic N) is 1. The van der Waals surface area contributed by atoms with Crippen molar-refractivity contribution in [1.29, 1.82) is 0 Å². The summed E-state index contributed by atoms with van der Waals surface area (Å²) in [5.41, 5.74) is 13.0. The standard InChI is InChI=1S/C54H49N/c1-4-6-7-8-13-24-44(32-31-42-20-11-9-12-21-42)45-33-35-46(36-34-45)50-27-18-30-53-51(28-19-29-52(50)53)47-37-39-49(40-38-47)54(5-2,48-25-16-17-26-48)55-41(3)43-22-14-10-15-23-43/h4,6-25,27-30,32-40H,5,26,31H2,1-3H3/b6-4-,8-7-,24-13+,44-32+,55-41+. The normalized spacial score (nSPS) is 14.7.